The fourth-order valence-corrected chi connectivity index (χ4v) is 2.56. The highest BCUT2D eigenvalue weighted by Gasteiger charge is 2.54. The minimum atomic E-state index is -0.850. The van der Waals surface area contributed by atoms with Crippen molar-refractivity contribution in [1.29, 1.82) is 0 Å². The fraction of sp³-hybridized carbons (Fsp3) is 0.867. The van der Waals surface area contributed by atoms with Crippen molar-refractivity contribution in [2.45, 2.75) is 65.6 Å². The molecule has 0 radical (unpaired) electrons. The van der Waals surface area contributed by atoms with E-state index in [2.05, 4.69) is 13.8 Å². The van der Waals surface area contributed by atoms with Gasteiger partial charge in [0.25, 0.3) is 0 Å². The number of rotatable bonds is 3. The lowest BCUT2D eigenvalue weighted by Gasteiger charge is -2.41. The number of hydrogen-bond donors (Lipinski definition) is 1. The Bertz CT molecular complexity index is 408. The summed E-state index contributed by atoms with van der Waals surface area (Å²) in [5, 5.41) is 0. The van der Waals surface area contributed by atoms with Gasteiger partial charge in [-0.3, -0.25) is 0 Å². The Kier molecular flexibility index (Phi) is 3.85. The predicted octanol–water partition coefficient (Wildman–Crippen LogP) is 3.24. The van der Waals surface area contributed by atoms with Crippen molar-refractivity contribution >= 4 is 7.12 Å². The Morgan fingerprint density at radius 1 is 1.25 bits per heavy atom. The summed E-state index contributed by atoms with van der Waals surface area (Å²) in [5.41, 5.74) is 5.46. The maximum atomic E-state index is 14.5. The van der Waals surface area contributed by atoms with Gasteiger partial charge in [0.15, 0.2) is 0 Å². The normalized spacial score (nSPS) is 28.5. The zero-order chi connectivity index (χ0) is 15.3. The van der Waals surface area contributed by atoms with Gasteiger partial charge >= 0.3 is 7.12 Å². The molecule has 1 saturated heterocycles. The Hall–Kier alpha value is -0.385. The first-order valence-corrected chi connectivity index (χ1v) is 7.43. The van der Waals surface area contributed by atoms with Crippen LogP contribution in [0.1, 0.15) is 54.4 Å². The Balaban J connectivity index is 2.05. The van der Waals surface area contributed by atoms with Crippen LogP contribution in [0.2, 0.25) is 0 Å². The highest BCUT2D eigenvalue weighted by molar-refractivity contribution is 6.53. The van der Waals surface area contributed by atoms with Crippen LogP contribution in [0.15, 0.2) is 11.3 Å². The standard InChI is InChI=1S/C15H27BFNO2/c1-13(2,9-18)11-7-10(8-11)12(17)16-19-14(3,4)15(5,6)20-16/h11H,7-9,18H2,1-6H3. The zero-order valence-electron chi connectivity index (χ0n) is 13.5. The largest absolute Gasteiger partial charge is 0.525 e. The molecule has 0 atom stereocenters. The first-order valence-electron chi connectivity index (χ1n) is 7.43. The van der Waals surface area contributed by atoms with Crippen molar-refractivity contribution in [2.75, 3.05) is 6.54 Å². The van der Waals surface area contributed by atoms with E-state index in [-0.39, 0.29) is 11.1 Å². The quantitative estimate of drug-likeness (QED) is 0.809. The van der Waals surface area contributed by atoms with Crippen LogP contribution in [-0.2, 0) is 9.31 Å². The summed E-state index contributed by atoms with van der Waals surface area (Å²) in [4.78, 5) is 0. The van der Waals surface area contributed by atoms with Gasteiger partial charge in [-0.25, -0.2) is 4.39 Å². The molecule has 2 fully saturated rings. The first kappa shape index (κ1) is 16.0. The van der Waals surface area contributed by atoms with Gasteiger partial charge in [-0.1, -0.05) is 13.8 Å². The van der Waals surface area contributed by atoms with E-state index in [4.69, 9.17) is 15.0 Å². The molecule has 1 aliphatic heterocycles. The van der Waals surface area contributed by atoms with Crippen molar-refractivity contribution in [1.82, 2.24) is 0 Å². The third kappa shape index (κ3) is 2.56. The number of halogens is 1. The highest BCUT2D eigenvalue weighted by Crippen LogP contribution is 2.48. The molecule has 2 rings (SSSR count). The second-order valence-electron chi connectivity index (χ2n) is 7.84. The molecule has 0 aromatic carbocycles. The van der Waals surface area contributed by atoms with Gasteiger partial charge in [0.1, 0.15) is 5.73 Å². The van der Waals surface area contributed by atoms with Crippen molar-refractivity contribution in [3.05, 3.63) is 11.3 Å². The van der Waals surface area contributed by atoms with Gasteiger partial charge in [0.2, 0.25) is 0 Å². The molecule has 20 heavy (non-hydrogen) atoms. The fourth-order valence-electron chi connectivity index (χ4n) is 2.56. The minimum absolute atomic E-state index is 0.0692. The first-order chi connectivity index (χ1) is 9.00. The van der Waals surface area contributed by atoms with Crippen LogP contribution in [-0.4, -0.2) is 24.9 Å². The molecular weight excluding hydrogens is 256 g/mol. The molecule has 0 bridgehead atoms. The molecule has 0 spiro atoms. The van der Waals surface area contributed by atoms with Crippen LogP contribution in [0, 0.1) is 11.3 Å². The predicted molar refractivity (Wildman–Crippen MR) is 79.8 cm³/mol. The van der Waals surface area contributed by atoms with E-state index in [0.717, 1.165) is 18.4 Å². The summed E-state index contributed by atoms with van der Waals surface area (Å²) >= 11 is 0. The van der Waals surface area contributed by atoms with E-state index in [1.165, 1.54) is 0 Å². The molecule has 2 N–H and O–H groups in total. The molecule has 1 heterocycles. The topological polar surface area (TPSA) is 44.5 Å². The van der Waals surface area contributed by atoms with E-state index in [9.17, 15) is 4.39 Å². The summed E-state index contributed by atoms with van der Waals surface area (Å²) in [6.07, 6.45) is 1.53. The van der Waals surface area contributed by atoms with Crippen molar-refractivity contribution in [2.24, 2.45) is 17.1 Å². The molecule has 0 amide bonds. The second kappa shape index (κ2) is 4.82. The Morgan fingerprint density at radius 3 is 2.10 bits per heavy atom. The maximum Gasteiger partial charge on any atom is 0.525 e. The Labute approximate surface area is 122 Å². The maximum absolute atomic E-state index is 14.5. The third-order valence-corrected chi connectivity index (χ3v) is 5.41. The lowest BCUT2D eigenvalue weighted by atomic mass is 9.62. The number of nitrogens with two attached hydrogens (primary N) is 1. The minimum Gasteiger partial charge on any atom is -0.398 e. The number of allylic oxidation sites excluding steroid dienone is 1. The van der Waals surface area contributed by atoms with Gasteiger partial charge in [0, 0.05) is 0 Å². The SMILES string of the molecule is CC(C)(CN)C1CC(=C(F)B2OC(C)(C)C(C)(C)O2)C1. The van der Waals surface area contributed by atoms with E-state index in [0.29, 0.717) is 12.5 Å². The molecule has 1 saturated carbocycles. The summed E-state index contributed by atoms with van der Waals surface area (Å²) in [6, 6.07) is 0. The lowest BCUT2D eigenvalue weighted by Crippen LogP contribution is -2.41. The third-order valence-electron chi connectivity index (χ3n) is 5.41. The molecule has 2 aliphatic rings. The smallest absolute Gasteiger partial charge is 0.398 e. The van der Waals surface area contributed by atoms with Gasteiger partial charge in [-0.15, -0.1) is 0 Å². The van der Waals surface area contributed by atoms with Crippen molar-refractivity contribution < 1.29 is 13.7 Å². The van der Waals surface area contributed by atoms with Crippen molar-refractivity contribution in [3.63, 3.8) is 0 Å². The monoisotopic (exact) mass is 283 g/mol. The van der Waals surface area contributed by atoms with E-state index in [1.54, 1.807) is 0 Å². The molecular formula is C15H27BFNO2. The molecule has 0 unspecified atom stereocenters. The van der Waals surface area contributed by atoms with E-state index < -0.39 is 18.3 Å². The van der Waals surface area contributed by atoms with Gasteiger partial charge in [0.05, 0.1) is 11.2 Å². The van der Waals surface area contributed by atoms with Crippen LogP contribution in [0.3, 0.4) is 0 Å². The number of hydrogen-bond acceptors (Lipinski definition) is 3. The molecule has 114 valence electrons. The zero-order valence-corrected chi connectivity index (χ0v) is 13.5. The van der Waals surface area contributed by atoms with Gasteiger partial charge < -0.3 is 15.0 Å². The lowest BCUT2D eigenvalue weighted by molar-refractivity contribution is 0.00578. The Morgan fingerprint density at radius 2 is 1.70 bits per heavy atom. The molecule has 5 heteroatoms. The van der Waals surface area contributed by atoms with Gasteiger partial charge in [-0.2, -0.15) is 0 Å². The molecule has 1 aliphatic carbocycles. The average molecular weight is 283 g/mol. The van der Waals surface area contributed by atoms with Crippen LogP contribution in [0.4, 0.5) is 4.39 Å². The van der Waals surface area contributed by atoms with E-state index >= 15 is 0 Å². The average Bonchev–Trinajstić information content (AvgIpc) is 2.45. The van der Waals surface area contributed by atoms with Crippen LogP contribution in [0.5, 0.6) is 0 Å². The molecule has 3 nitrogen and oxygen atoms in total. The van der Waals surface area contributed by atoms with Crippen LogP contribution in [0.25, 0.3) is 0 Å². The summed E-state index contributed by atoms with van der Waals surface area (Å²) in [6.45, 7) is 12.7. The molecule has 0 aromatic heterocycles. The van der Waals surface area contributed by atoms with Gasteiger partial charge in [-0.05, 0) is 64.0 Å². The summed E-state index contributed by atoms with van der Waals surface area (Å²) in [7, 11) is -0.850. The highest BCUT2D eigenvalue weighted by atomic mass is 19.1. The summed E-state index contributed by atoms with van der Waals surface area (Å²) in [5.74, 6) is 0.454. The summed E-state index contributed by atoms with van der Waals surface area (Å²) < 4.78 is 26.0. The van der Waals surface area contributed by atoms with Crippen molar-refractivity contribution in [3.8, 4) is 0 Å². The van der Waals surface area contributed by atoms with Crippen LogP contribution >= 0.6 is 0 Å². The van der Waals surface area contributed by atoms with Crippen LogP contribution < -0.4 is 5.73 Å². The molecule has 0 aromatic rings. The van der Waals surface area contributed by atoms with E-state index in [1.807, 2.05) is 27.7 Å². The second-order valence-corrected chi connectivity index (χ2v) is 7.84.